The highest BCUT2D eigenvalue weighted by atomic mass is 35.5. The van der Waals surface area contributed by atoms with Gasteiger partial charge in [-0.15, -0.1) is 0 Å². The number of nitrogens with one attached hydrogen (secondary N) is 1. The predicted octanol–water partition coefficient (Wildman–Crippen LogP) is 1.70. The van der Waals surface area contributed by atoms with E-state index in [1.165, 1.54) is 11.9 Å². The summed E-state index contributed by atoms with van der Waals surface area (Å²) in [6, 6.07) is 4.04. The molecule has 0 unspecified atom stereocenters. The number of carbonyl (C=O) groups is 3. The lowest BCUT2D eigenvalue weighted by Crippen LogP contribution is -2.53. The van der Waals surface area contributed by atoms with Crippen molar-refractivity contribution < 1.29 is 19.5 Å². The molecule has 1 saturated heterocycles. The second-order valence-corrected chi connectivity index (χ2v) is 6.09. The van der Waals surface area contributed by atoms with Gasteiger partial charge in [-0.05, 0) is 37.5 Å². The molecule has 2 atom stereocenters. The molecule has 23 heavy (non-hydrogen) atoms. The van der Waals surface area contributed by atoms with Gasteiger partial charge in [0, 0.05) is 13.6 Å². The standard InChI is InChI=1S/C16H19ClN2O4/c1-9-3-5-11(12(17)7-9)15(21)19-8-10(14(20)18-2)4-6-13(19)16(22)23/h3,5,7,10,13H,4,6,8H2,1-2H3,(H,18,20)(H,22,23)/t10-,13-/m0/s1. The van der Waals surface area contributed by atoms with Gasteiger partial charge in [-0.1, -0.05) is 17.7 Å². The number of halogens is 1. The molecule has 1 aromatic rings. The third kappa shape index (κ3) is 3.64. The summed E-state index contributed by atoms with van der Waals surface area (Å²) in [6.07, 6.45) is 0.671. The Morgan fingerprint density at radius 1 is 1.30 bits per heavy atom. The molecular weight excluding hydrogens is 320 g/mol. The van der Waals surface area contributed by atoms with Crippen LogP contribution in [0.1, 0.15) is 28.8 Å². The highest BCUT2D eigenvalue weighted by molar-refractivity contribution is 6.34. The summed E-state index contributed by atoms with van der Waals surface area (Å²) in [5.74, 6) is -2.14. The molecule has 1 aromatic carbocycles. The molecule has 0 saturated carbocycles. The maximum Gasteiger partial charge on any atom is 0.326 e. The number of benzene rings is 1. The number of nitrogens with zero attached hydrogens (tertiary/aromatic N) is 1. The first-order valence-electron chi connectivity index (χ1n) is 7.36. The van der Waals surface area contributed by atoms with Gasteiger partial charge >= 0.3 is 5.97 Å². The Labute approximate surface area is 139 Å². The third-order valence-corrected chi connectivity index (χ3v) is 4.41. The van der Waals surface area contributed by atoms with E-state index in [0.717, 1.165) is 5.56 Å². The van der Waals surface area contributed by atoms with Gasteiger partial charge in [0.2, 0.25) is 5.91 Å². The Morgan fingerprint density at radius 2 is 2.00 bits per heavy atom. The highest BCUT2D eigenvalue weighted by Gasteiger charge is 2.38. The van der Waals surface area contributed by atoms with Crippen molar-refractivity contribution >= 4 is 29.4 Å². The molecule has 0 aliphatic carbocycles. The van der Waals surface area contributed by atoms with Gasteiger partial charge in [-0.3, -0.25) is 9.59 Å². The zero-order valence-electron chi connectivity index (χ0n) is 13.0. The van der Waals surface area contributed by atoms with Gasteiger partial charge in [0.1, 0.15) is 6.04 Å². The number of aliphatic carboxylic acids is 1. The first-order valence-corrected chi connectivity index (χ1v) is 7.74. The van der Waals surface area contributed by atoms with Crippen molar-refractivity contribution in [2.24, 2.45) is 5.92 Å². The van der Waals surface area contributed by atoms with E-state index >= 15 is 0 Å². The van der Waals surface area contributed by atoms with Gasteiger partial charge in [0.05, 0.1) is 16.5 Å². The molecule has 0 bridgehead atoms. The van der Waals surface area contributed by atoms with Crippen LogP contribution in [0.5, 0.6) is 0 Å². The number of hydrogen-bond acceptors (Lipinski definition) is 3. The zero-order valence-corrected chi connectivity index (χ0v) is 13.8. The normalized spacial score (nSPS) is 20.9. The lowest BCUT2D eigenvalue weighted by Gasteiger charge is -2.37. The fourth-order valence-electron chi connectivity index (χ4n) is 2.82. The van der Waals surface area contributed by atoms with Crippen LogP contribution in [-0.2, 0) is 9.59 Å². The Bertz CT molecular complexity index is 647. The molecule has 0 spiro atoms. The number of carbonyl (C=O) groups excluding carboxylic acids is 2. The van der Waals surface area contributed by atoms with Gasteiger partial charge in [-0.2, -0.15) is 0 Å². The summed E-state index contributed by atoms with van der Waals surface area (Å²) >= 11 is 6.12. The van der Waals surface area contributed by atoms with Crippen LogP contribution >= 0.6 is 11.6 Å². The average Bonchev–Trinajstić information content (AvgIpc) is 2.52. The minimum atomic E-state index is -1.07. The van der Waals surface area contributed by atoms with Crippen molar-refractivity contribution in [3.8, 4) is 0 Å². The molecule has 0 radical (unpaired) electrons. The SMILES string of the molecule is CNC(=O)[C@H]1CC[C@@H](C(=O)O)N(C(=O)c2ccc(C)cc2Cl)C1. The molecule has 2 N–H and O–H groups in total. The maximum absolute atomic E-state index is 12.7. The van der Waals surface area contributed by atoms with Crippen molar-refractivity contribution in [3.63, 3.8) is 0 Å². The first kappa shape index (κ1) is 17.3. The lowest BCUT2D eigenvalue weighted by molar-refractivity contribution is -0.145. The second kappa shape index (κ2) is 7.00. The van der Waals surface area contributed by atoms with Crippen LogP contribution in [0.25, 0.3) is 0 Å². The third-order valence-electron chi connectivity index (χ3n) is 4.10. The first-order chi connectivity index (χ1) is 10.8. The number of aryl methyl sites for hydroxylation is 1. The molecule has 7 heteroatoms. The molecule has 124 valence electrons. The van der Waals surface area contributed by atoms with E-state index in [2.05, 4.69) is 5.32 Å². The van der Waals surface area contributed by atoms with E-state index in [1.54, 1.807) is 18.2 Å². The minimum absolute atomic E-state index is 0.0691. The molecule has 2 amide bonds. The Hall–Kier alpha value is -2.08. The monoisotopic (exact) mass is 338 g/mol. The fraction of sp³-hybridized carbons (Fsp3) is 0.438. The van der Waals surface area contributed by atoms with Crippen LogP contribution in [0.2, 0.25) is 5.02 Å². The number of carboxylic acid groups (broad SMARTS) is 1. The Balaban J connectivity index is 2.31. The summed E-state index contributed by atoms with van der Waals surface area (Å²) in [5.41, 5.74) is 1.16. The molecule has 0 aromatic heterocycles. The topological polar surface area (TPSA) is 86.7 Å². The summed E-state index contributed by atoms with van der Waals surface area (Å²) in [6.45, 7) is 1.92. The quantitative estimate of drug-likeness (QED) is 0.878. The number of piperidine rings is 1. The van der Waals surface area contributed by atoms with Crippen molar-refractivity contribution in [1.82, 2.24) is 10.2 Å². The van der Waals surface area contributed by atoms with E-state index in [-0.39, 0.29) is 29.5 Å². The Morgan fingerprint density at radius 3 is 2.57 bits per heavy atom. The van der Waals surface area contributed by atoms with Gasteiger partial charge < -0.3 is 15.3 Å². The van der Waals surface area contributed by atoms with E-state index in [0.29, 0.717) is 6.42 Å². The molecule has 1 fully saturated rings. The van der Waals surface area contributed by atoms with Crippen molar-refractivity contribution in [1.29, 1.82) is 0 Å². The maximum atomic E-state index is 12.7. The highest BCUT2D eigenvalue weighted by Crippen LogP contribution is 2.27. The van der Waals surface area contributed by atoms with Crippen LogP contribution < -0.4 is 5.32 Å². The molecule has 1 aliphatic heterocycles. The van der Waals surface area contributed by atoms with E-state index in [9.17, 15) is 19.5 Å². The van der Waals surface area contributed by atoms with Crippen LogP contribution in [-0.4, -0.2) is 47.4 Å². The van der Waals surface area contributed by atoms with Crippen LogP contribution in [0.15, 0.2) is 18.2 Å². The van der Waals surface area contributed by atoms with Gasteiger partial charge in [0.15, 0.2) is 0 Å². The molecular formula is C16H19ClN2O4. The number of hydrogen-bond donors (Lipinski definition) is 2. The summed E-state index contributed by atoms with van der Waals surface area (Å²) in [7, 11) is 1.52. The zero-order chi connectivity index (χ0) is 17.1. The number of carboxylic acids is 1. The summed E-state index contributed by atoms with van der Waals surface area (Å²) in [5, 5.41) is 12.2. The number of likely N-dealkylation sites (tertiary alicyclic amines) is 1. The lowest BCUT2D eigenvalue weighted by atomic mass is 9.91. The summed E-state index contributed by atoms with van der Waals surface area (Å²) in [4.78, 5) is 37.3. The Kier molecular flexibility index (Phi) is 5.26. The number of amides is 2. The second-order valence-electron chi connectivity index (χ2n) is 5.68. The van der Waals surface area contributed by atoms with Crippen LogP contribution in [0.4, 0.5) is 0 Å². The predicted molar refractivity (Wildman–Crippen MR) is 85.4 cm³/mol. The van der Waals surface area contributed by atoms with Gasteiger partial charge in [0.25, 0.3) is 5.91 Å². The van der Waals surface area contributed by atoms with Crippen LogP contribution in [0.3, 0.4) is 0 Å². The number of rotatable bonds is 3. The smallest absolute Gasteiger partial charge is 0.326 e. The van der Waals surface area contributed by atoms with Crippen LogP contribution in [0, 0.1) is 12.8 Å². The average molecular weight is 339 g/mol. The van der Waals surface area contributed by atoms with Crippen molar-refractivity contribution in [2.75, 3.05) is 13.6 Å². The minimum Gasteiger partial charge on any atom is -0.480 e. The van der Waals surface area contributed by atoms with Crippen molar-refractivity contribution in [3.05, 3.63) is 34.3 Å². The van der Waals surface area contributed by atoms with E-state index < -0.39 is 23.8 Å². The molecule has 2 rings (SSSR count). The van der Waals surface area contributed by atoms with E-state index in [1.807, 2.05) is 6.92 Å². The summed E-state index contributed by atoms with van der Waals surface area (Å²) < 4.78 is 0. The van der Waals surface area contributed by atoms with Gasteiger partial charge in [-0.25, -0.2) is 4.79 Å². The van der Waals surface area contributed by atoms with Crippen molar-refractivity contribution in [2.45, 2.75) is 25.8 Å². The molecule has 1 heterocycles. The largest absolute Gasteiger partial charge is 0.480 e. The van der Waals surface area contributed by atoms with E-state index in [4.69, 9.17) is 11.6 Å². The molecule has 1 aliphatic rings. The molecule has 6 nitrogen and oxygen atoms in total. The fourth-order valence-corrected chi connectivity index (χ4v) is 3.13.